The van der Waals surface area contributed by atoms with E-state index in [-0.39, 0.29) is 16.8 Å². The molecule has 0 saturated carbocycles. The van der Waals surface area contributed by atoms with Crippen molar-refractivity contribution < 1.29 is 9.53 Å². The topological polar surface area (TPSA) is 48.3 Å². The molecule has 0 radical (unpaired) electrons. The molecular weight excluding hydrogens is 374 g/mol. The van der Waals surface area contributed by atoms with Gasteiger partial charge in [0.2, 0.25) is 5.43 Å². The summed E-state index contributed by atoms with van der Waals surface area (Å²) in [5, 5.41) is 0.543. The fourth-order valence-corrected chi connectivity index (χ4v) is 3.67. The molecule has 3 aromatic carbocycles. The quantitative estimate of drug-likeness (QED) is 0.431. The van der Waals surface area contributed by atoms with Crippen molar-refractivity contribution in [2.75, 3.05) is 6.61 Å². The van der Waals surface area contributed by atoms with E-state index >= 15 is 0 Å². The van der Waals surface area contributed by atoms with Crippen molar-refractivity contribution in [3.05, 3.63) is 111 Å². The van der Waals surface area contributed by atoms with Crippen LogP contribution in [0.5, 0.6) is 5.75 Å². The van der Waals surface area contributed by atoms with Crippen molar-refractivity contribution in [2.24, 2.45) is 0 Å². The summed E-state index contributed by atoms with van der Waals surface area (Å²) in [6.45, 7) is 5.09. The van der Waals surface area contributed by atoms with Gasteiger partial charge in [-0.25, -0.2) is 0 Å². The van der Waals surface area contributed by atoms with Gasteiger partial charge in [0, 0.05) is 23.7 Å². The van der Waals surface area contributed by atoms with Crippen LogP contribution in [0.15, 0.2) is 83.8 Å². The van der Waals surface area contributed by atoms with Crippen LogP contribution in [0.1, 0.15) is 34.0 Å². The first-order valence-corrected chi connectivity index (χ1v) is 10.0. The molecule has 0 bridgehead atoms. The zero-order valence-corrected chi connectivity index (χ0v) is 17.1. The summed E-state index contributed by atoms with van der Waals surface area (Å²) < 4.78 is 7.43. The average molecular weight is 397 g/mol. The molecule has 4 nitrogen and oxygen atoms in total. The number of ketones is 1. The molecule has 0 spiro atoms. The molecule has 0 fully saturated rings. The molecule has 0 aliphatic carbocycles. The molecule has 0 saturated heterocycles. The number of para-hydroxylation sites is 1. The first-order chi connectivity index (χ1) is 14.6. The van der Waals surface area contributed by atoms with Gasteiger partial charge in [0.25, 0.3) is 0 Å². The molecule has 30 heavy (non-hydrogen) atoms. The number of fused-ring (bicyclic) bond motifs is 1. The molecule has 0 unspecified atom stereocenters. The number of carbonyl (C=O) groups is 1. The Kier molecular flexibility index (Phi) is 5.48. The zero-order chi connectivity index (χ0) is 21.1. The van der Waals surface area contributed by atoms with Gasteiger partial charge in [-0.1, -0.05) is 42.0 Å². The predicted octanol–water partition coefficient (Wildman–Crippen LogP) is 4.99. The van der Waals surface area contributed by atoms with Gasteiger partial charge in [-0.2, -0.15) is 0 Å². The lowest BCUT2D eigenvalue weighted by atomic mass is 10.0. The average Bonchev–Trinajstić information content (AvgIpc) is 2.76. The summed E-state index contributed by atoms with van der Waals surface area (Å²) in [5.74, 6) is 0.413. The Bertz CT molecular complexity index is 1270. The van der Waals surface area contributed by atoms with Gasteiger partial charge in [0.15, 0.2) is 5.78 Å². The van der Waals surface area contributed by atoms with E-state index in [2.05, 4.69) is 6.07 Å². The Hall–Kier alpha value is -3.66. The number of rotatable bonds is 6. The summed E-state index contributed by atoms with van der Waals surface area (Å²) in [5.41, 5.74) is 3.49. The molecule has 0 atom stereocenters. The van der Waals surface area contributed by atoms with Gasteiger partial charge in [-0.3, -0.25) is 9.59 Å². The van der Waals surface area contributed by atoms with Crippen LogP contribution >= 0.6 is 0 Å². The molecule has 0 amide bonds. The lowest BCUT2D eigenvalue weighted by molar-refractivity contribution is 0.103. The van der Waals surface area contributed by atoms with Gasteiger partial charge in [-0.15, -0.1) is 0 Å². The highest BCUT2D eigenvalue weighted by molar-refractivity contribution is 6.10. The Balaban J connectivity index is 1.80. The maximum Gasteiger partial charge on any atom is 0.200 e. The minimum absolute atomic E-state index is 0.172. The molecule has 4 heteroatoms. The SMILES string of the molecule is CCOc1ccc(C(=O)c2cn(Cc3cccc(C)c3)c3ccccc3c2=O)cc1. The molecule has 0 aliphatic rings. The van der Waals surface area contributed by atoms with Gasteiger partial charge in [-0.05, 0) is 55.8 Å². The van der Waals surface area contributed by atoms with Gasteiger partial charge in [0.05, 0.1) is 17.7 Å². The van der Waals surface area contributed by atoms with Crippen LogP contribution in [-0.4, -0.2) is 17.0 Å². The van der Waals surface area contributed by atoms with E-state index in [1.54, 1.807) is 36.5 Å². The van der Waals surface area contributed by atoms with Crippen molar-refractivity contribution in [2.45, 2.75) is 20.4 Å². The van der Waals surface area contributed by atoms with E-state index < -0.39 is 0 Å². The second-order valence-corrected chi connectivity index (χ2v) is 7.29. The summed E-state index contributed by atoms with van der Waals surface area (Å²) in [6.07, 6.45) is 1.69. The predicted molar refractivity (Wildman–Crippen MR) is 120 cm³/mol. The molecule has 1 heterocycles. The number of pyridine rings is 1. The van der Waals surface area contributed by atoms with E-state index in [4.69, 9.17) is 4.74 Å². The number of hydrogen-bond acceptors (Lipinski definition) is 3. The molecule has 4 aromatic rings. The molecule has 4 rings (SSSR count). The molecule has 0 N–H and O–H groups in total. The number of nitrogens with zero attached hydrogens (tertiary/aromatic N) is 1. The van der Waals surface area contributed by atoms with Crippen LogP contribution in [0.2, 0.25) is 0 Å². The van der Waals surface area contributed by atoms with Crippen molar-refractivity contribution in [3.63, 3.8) is 0 Å². The number of ether oxygens (including phenoxy) is 1. The second-order valence-electron chi connectivity index (χ2n) is 7.29. The number of hydrogen-bond donors (Lipinski definition) is 0. The van der Waals surface area contributed by atoms with Crippen molar-refractivity contribution in [3.8, 4) is 5.75 Å². The molecular formula is C26H23NO3. The lowest BCUT2D eigenvalue weighted by Crippen LogP contribution is -2.20. The summed E-state index contributed by atoms with van der Waals surface area (Å²) in [4.78, 5) is 26.3. The molecule has 150 valence electrons. The van der Waals surface area contributed by atoms with Crippen LogP contribution in [-0.2, 0) is 6.54 Å². The Labute approximate surface area is 175 Å². The van der Waals surface area contributed by atoms with Crippen LogP contribution in [0.4, 0.5) is 0 Å². The smallest absolute Gasteiger partial charge is 0.200 e. The first-order valence-electron chi connectivity index (χ1n) is 10.0. The Morgan fingerprint density at radius 2 is 1.73 bits per heavy atom. The van der Waals surface area contributed by atoms with Crippen LogP contribution < -0.4 is 10.2 Å². The minimum Gasteiger partial charge on any atom is -0.494 e. The lowest BCUT2D eigenvalue weighted by Gasteiger charge is -2.14. The van der Waals surface area contributed by atoms with Gasteiger partial charge >= 0.3 is 0 Å². The highest BCUT2D eigenvalue weighted by Crippen LogP contribution is 2.18. The van der Waals surface area contributed by atoms with E-state index in [9.17, 15) is 9.59 Å². The third-order valence-electron chi connectivity index (χ3n) is 5.10. The van der Waals surface area contributed by atoms with Gasteiger partial charge < -0.3 is 9.30 Å². The van der Waals surface area contributed by atoms with Crippen molar-refractivity contribution in [1.29, 1.82) is 0 Å². The monoisotopic (exact) mass is 397 g/mol. The van der Waals surface area contributed by atoms with Crippen LogP contribution in [0.25, 0.3) is 10.9 Å². The number of aromatic nitrogens is 1. The van der Waals surface area contributed by atoms with E-state index in [0.717, 1.165) is 11.1 Å². The Morgan fingerprint density at radius 3 is 2.47 bits per heavy atom. The summed E-state index contributed by atoms with van der Waals surface area (Å²) >= 11 is 0. The number of benzene rings is 3. The third-order valence-corrected chi connectivity index (χ3v) is 5.10. The van der Waals surface area contributed by atoms with Crippen molar-refractivity contribution in [1.82, 2.24) is 4.57 Å². The van der Waals surface area contributed by atoms with Crippen LogP contribution in [0, 0.1) is 6.92 Å². The normalized spacial score (nSPS) is 10.9. The minimum atomic E-state index is -0.285. The first kappa shape index (κ1) is 19.6. The second kappa shape index (κ2) is 8.37. The standard InChI is InChI=1S/C26H23NO3/c1-3-30-21-13-11-20(12-14-21)25(28)23-17-27(16-19-8-6-7-18(2)15-19)24-10-5-4-9-22(24)26(23)29/h4-15,17H,3,16H2,1-2H3. The maximum absolute atomic E-state index is 13.2. The zero-order valence-electron chi connectivity index (χ0n) is 17.1. The van der Waals surface area contributed by atoms with Crippen molar-refractivity contribution >= 4 is 16.7 Å². The van der Waals surface area contributed by atoms with Gasteiger partial charge in [0.1, 0.15) is 5.75 Å². The maximum atomic E-state index is 13.2. The van der Waals surface area contributed by atoms with E-state index in [1.807, 2.05) is 54.8 Å². The number of carbonyl (C=O) groups excluding carboxylic acids is 1. The molecule has 0 aliphatic heterocycles. The molecule has 1 aromatic heterocycles. The third kappa shape index (κ3) is 3.90. The fourth-order valence-electron chi connectivity index (χ4n) is 3.67. The highest BCUT2D eigenvalue weighted by Gasteiger charge is 2.17. The van der Waals surface area contributed by atoms with E-state index in [1.165, 1.54) is 5.56 Å². The fraction of sp³-hybridized carbons (Fsp3) is 0.154. The van der Waals surface area contributed by atoms with E-state index in [0.29, 0.717) is 29.9 Å². The number of aryl methyl sites for hydroxylation is 1. The highest BCUT2D eigenvalue weighted by atomic mass is 16.5. The Morgan fingerprint density at radius 1 is 0.967 bits per heavy atom. The summed E-state index contributed by atoms with van der Waals surface area (Å²) in [7, 11) is 0. The summed E-state index contributed by atoms with van der Waals surface area (Å²) in [6, 6.07) is 22.6. The van der Waals surface area contributed by atoms with Crippen LogP contribution in [0.3, 0.4) is 0 Å². The largest absolute Gasteiger partial charge is 0.494 e.